The first-order valence-electron chi connectivity index (χ1n) is 9.14. The minimum atomic E-state index is -4.65. The number of nitrogens with one attached hydrogen (secondary N) is 1. The molecule has 3 N–H and O–H groups in total. The molecule has 2 heterocycles. The summed E-state index contributed by atoms with van der Waals surface area (Å²) < 4.78 is 96.3. The van der Waals surface area contributed by atoms with Crippen LogP contribution in [0.5, 0.6) is 0 Å². The molecule has 12 heteroatoms. The van der Waals surface area contributed by atoms with Crippen molar-refractivity contribution in [2.75, 3.05) is 5.32 Å². The average molecular weight is 462 g/mol. The Labute approximate surface area is 177 Å². The van der Waals surface area contributed by atoms with Crippen molar-refractivity contribution in [1.82, 2.24) is 4.98 Å². The number of alkyl halides is 6. The van der Waals surface area contributed by atoms with Gasteiger partial charge in [0.05, 0.1) is 12.0 Å². The Balaban J connectivity index is 1.94. The number of rotatable bonds is 3. The molecule has 172 valence electrons. The van der Waals surface area contributed by atoms with Gasteiger partial charge in [0.25, 0.3) is 11.8 Å². The molecule has 2 unspecified atom stereocenters. The zero-order chi connectivity index (χ0) is 24.1. The summed E-state index contributed by atoms with van der Waals surface area (Å²) in [4.78, 5) is 19.3. The van der Waals surface area contributed by atoms with Crippen LogP contribution in [0.15, 0.2) is 41.5 Å². The molecule has 0 saturated heterocycles. The fourth-order valence-corrected chi connectivity index (χ4v) is 3.24. The van der Waals surface area contributed by atoms with Crippen molar-refractivity contribution < 1.29 is 35.5 Å². The zero-order valence-electron chi connectivity index (χ0n) is 16.7. The Morgan fingerprint density at radius 2 is 1.78 bits per heavy atom. The van der Waals surface area contributed by atoms with E-state index >= 15 is 0 Å². The zero-order valence-corrected chi connectivity index (χ0v) is 16.7. The van der Waals surface area contributed by atoms with Gasteiger partial charge >= 0.3 is 6.18 Å². The van der Waals surface area contributed by atoms with Crippen LogP contribution in [0.1, 0.15) is 41.9 Å². The molecule has 1 aliphatic rings. The third-order valence-electron chi connectivity index (χ3n) is 5.22. The van der Waals surface area contributed by atoms with Crippen LogP contribution in [0, 0.1) is 5.82 Å². The standard InChI is InChI=1S/C20H17F7N4O/c1-17(22)9-19(23,24)18(2,31-16(17)28)12-7-11(4-5-13(12)21)30-15(32)14-6-3-10(8-29-14)20(25,26)27/h3-8H,9H2,1-2H3,(H2,28,31)(H,30,32). The molecule has 0 saturated carbocycles. The number of amidine groups is 1. The molecule has 2 aromatic rings. The molecule has 0 bridgehead atoms. The van der Waals surface area contributed by atoms with E-state index in [1.54, 1.807) is 0 Å². The van der Waals surface area contributed by atoms with Crippen molar-refractivity contribution in [1.29, 1.82) is 0 Å². The number of nitrogens with zero attached hydrogens (tertiary/aromatic N) is 2. The van der Waals surface area contributed by atoms with E-state index in [-0.39, 0.29) is 5.69 Å². The Hall–Kier alpha value is -3.18. The predicted molar refractivity (Wildman–Crippen MR) is 102 cm³/mol. The highest BCUT2D eigenvalue weighted by Crippen LogP contribution is 2.50. The van der Waals surface area contributed by atoms with E-state index in [2.05, 4.69) is 15.3 Å². The highest BCUT2D eigenvalue weighted by atomic mass is 19.4. The van der Waals surface area contributed by atoms with Crippen molar-refractivity contribution in [2.45, 2.75) is 43.6 Å². The van der Waals surface area contributed by atoms with Gasteiger partial charge in [-0.05, 0) is 44.2 Å². The number of pyridine rings is 1. The number of carbonyl (C=O) groups is 1. The summed E-state index contributed by atoms with van der Waals surface area (Å²) in [6.45, 7) is 1.72. The third-order valence-corrected chi connectivity index (χ3v) is 5.22. The maximum atomic E-state index is 14.8. The number of aliphatic imine (C=N–C) groups is 1. The van der Waals surface area contributed by atoms with Gasteiger partial charge in [-0.25, -0.2) is 17.6 Å². The Morgan fingerprint density at radius 3 is 2.34 bits per heavy atom. The normalized spacial score (nSPS) is 25.2. The molecule has 0 spiro atoms. The van der Waals surface area contributed by atoms with Crippen LogP contribution in [0.4, 0.5) is 36.4 Å². The lowest BCUT2D eigenvalue weighted by atomic mass is 9.77. The first-order valence-corrected chi connectivity index (χ1v) is 9.14. The van der Waals surface area contributed by atoms with Crippen LogP contribution in [0.2, 0.25) is 0 Å². The summed E-state index contributed by atoms with van der Waals surface area (Å²) in [6.07, 6.45) is -5.52. The van der Waals surface area contributed by atoms with Gasteiger partial charge in [-0.1, -0.05) is 0 Å². The highest BCUT2D eigenvalue weighted by Gasteiger charge is 2.60. The minimum absolute atomic E-state index is 0.160. The summed E-state index contributed by atoms with van der Waals surface area (Å²) in [5.74, 6) is -6.63. The molecule has 1 aromatic carbocycles. The van der Waals surface area contributed by atoms with Gasteiger partial charge in [0.1, 0.15) is 17.3 Å². The van der Waals surface area contributed by atoms with E-state index < -0.39 is 64.1 Å². The topological polar surface area (TPSA) is 80.4 Å². The van der Waals surface area contributed by atoms with E-state index in [1.807, 2.05) is 0 Å². The van der Waals surface area contributed by atoms with Crippen LogP contribution >= 0.6 is 0 Å². The predicted octanol–water partition coefficient (Wildman–Crippen LogP) is 4.83. The van der Waals surface area contributed by atoms with E-state index in [9.17, 15) is 35.5 Å². The summed E-state index contributed by atoms with van der Waals surface area (Å²) in [5, 5.41) is 2.25. The van der Waals surface area contributed by atoms with Crippen molar-refractivity contribution in [3.63, 3.8) is 0 Å². The molecule has 0 radical (unpaired) electrons. The van der Waals surface area contributed by atoms with Gasteiger partial charge in [0, 0.05) is 17.4 Å². The lowest BCUT2D eigenvalue weighted by molar-refractivity contribution is -0.137. The summed E-state index contributed by atoms with van der Waals surface area (Å²) in [6, 6.07) is 4.20. The second-order valence-electron chi connectivity index (χ2n) is 7.73. The fraction of sp³-hybridized carbons (Fsp3) is 0.350. The number of hydrogen-bond donors (Lipinski definition) is 2. The molecule has 32 heavy (non-hydrogen) atoms. The Morgan fingerprint density at radius 1 is 1.12 bits per heavy atom. The number of carbonyl (C=O) groups excluding carboxylic acids is 1. The number of aromatic nitrogens is 1. The minimum Gasteiger partial charge on any atom is -0.385 e. The van der Waals surface area contributed by atoms with Crippen molar-refractivity contribution in [3.8, 4) is 0 Å². The Kier molecular flexibility index (Phi) is 5.47. The number of hydrogen-bond acceptors (Lipinski definition) is 4. The molecule has 0 fully saturated rings. The number of benzene rings is 1. The highest BCUT2D eigenvalue weighted by molar-refractivity contribution is 6.02. The van der Waals surface area contributed by atoms with Gasteiger partial charge in [-0.2, -0.15) is 13.2 Å². The van der Waals surface area contributed by atoms with Crippen molar-refractivity contribution in [2.24, 2.45) is 10.7 Å². The molecule has 5 nitrogen and oxygen atoms in total. The number of halogens is 7. The SMILES string of the molecule is CC1(F)CC(F)(F)C(C)(c2cc(NC(=O)c3ccc(C(F)(F)F)cn3)ccc2F)N=C1N. The van der Waals surface area contributed by atoms with E-state index in [0.29, 0.717) is 12.3 Å². The average Bonchev–Trinajstić information content (AvgIpc) is 2.66. The number of anilines is 1. The molecule has 1 aliphatic heterocycles. The molecular weight excluding hydrogens is 445 g/mol. The van der Waals surface area contributed by atoms with Crippen LogP contribution in [0.25, 0.3) is 0 Å². The summed E-state index contributed by atoms with van der Waals surface area (Å²) in [7, 11) is 0. The van der Waals surface area contributed by atoms with Crippen molar-refractivity contribution in [3.05, 3.63) is 59.2 Å². The second-order valence-corrected chi connectivity index (χ2v) is 7.73. The van der Waals surface area contributed by atoms with Crippen LogP contribution in [0.3, 0.4) is 0 Å². The van der Waals surface area contributed by atoms with Crippen LogP contribution in [-0.4, -0.2) is 28.3 Å². The first-order chi connectivity index (χ1) is 14.6. The van der Waals surface area contributed by atoms with Crippen molar-refractivity contribution >= 4 is 17.4 Å². The van der Waals surface area contributed by atoms with E-state index in [1.165, 1.54) is 0 Å². The fourth-order valence-electron chi connectivity index (χ4n) is 3.24. The van der Waals surface area contributed by atoms with Gasteiger partial charge in [0.15, 0.2) is 11.2 Å². The lowest BCUT2D eigenvalue weighted by Gasteiger charge is -2.42. The lowest BCUT2D eigenvalue weighted by Crippen LogP contribution is -2.56. The van der Waals surface area contributed by atoms with Gasteiger partial charge < -0.3 is 11.1 Å². The Bertz CT molecular complexity index is 1080. The van der Waals surface area contributed by atoms with E-state index in [0.717, 1.165) is 38.1 Å². The third kappa shape index (κ3) is 4.13. The molecule has 2 atom stereocenters. The molecule has 1 amide bonds. The number of nitrogens with two attached hydrogens (primary N) is 1. The monoisotopic (exact) mass is 462 g/mol. The second kappa shape index (κ2) is 7.45. The first kappa shape index (κ1) is 23.5. The van der Waals surface area contributed by atoms with E-state index in [4.69, 9.17) is 5.73 Å². The van der Waals surface area contributed by atoms with Crippen LogP contribution < -0.4 is 11.1 Å². The quantitative estimate of drug-likeness (QED) is 0.642. The number of amides is 1. The van der Waals surface area contributed by atoms with Gasteiger partial charge in [-0.15, -0.1) is 0 Å². The molecule has 0 aliphatic carbocycles. The summed E-state index contributed by atoms with van der Waals surface area (Å²) >= 11 is 0. The molecular formula is C20H17F7N4O. The molecule has 1 aromatic heterocycles. The molecule has 3 rings (SSSR count). The smallest absolute Gasteiger partial charge is 0.385 e. The maximum Gasteiger partial charge on any atom is 0.417 e. The largest absolute Gasteiger partial charge is 0.417 e. The van der Waals surface area contributed by atoms with Gasteiger partial charge in [0.2, 0.25) is 0 Å². The maximum absolute atomic E-state index is 14.8. The summed E-state index contributed by atoms with van der Waals surface area (Å²) in [5.41, 5.74) is -1.95. The van der Waals surface area contributed by atoms with Gasteiger partial charge in [-0.3, -0.25) is 14.8 Å². The van der Waals surface area contributed by atoms with Crippen LogP contribution in [-0.2, 0) is 11.7 Å².